The molecular formula is C19H24F3N3O. The third kappa shape index (κ3) is 3.40. The molecule has 7 heteroatoms. The van der Waals surface area contributed by atoms with E-state index in [0.29, 0.717) is 43.6 Å². The molecule has 1 aromatic heterocycles. The zero-order chi connectivity index (χ0) is 18.3. The summed E-state index contributed by atoms with van der Waals surface area (Å²) in [4.78, 5) is 20.8. The summed E-state index contributed by atoms with van der Waals surface area (Å²) in [5.41, 5.74) is -0.677. The number of likely N-dealkylation sites (tertiary alicyclic amines) is 1. The molecular weight excluding hydrogens is 343 g/mol. The summed E-state index contributed by atoms with van der Waals surface area (Å²) in [5.74, 6) is 1.97. The van der Waals surface area contributed by atoms with Gasteiger partial charge in [-0.25, -0.2) is 4.98 Å². The largest absolute Gasteiger partial charge is 0.416 e. The van der Waals surface area contributed by atoms with Crippen LogP contribution >= 0.6 is 0 Å². The van der Waals surface area contributed by atoms with Crippen LogP contribution in [-0.4, -0.2) is 42.0 Å². The normalized spacial score (nSPS) is 27.0. The fourth-order valence-electron chi connectivity index (χ4n) is 4.80. The monoisotopic (exact) mass is 367 g/mol. The number of fused-ring (bicyclic) bond motifs is 1. The molecule has 0 N–H and O–H groups in total. The number of anilines is 1. The quantitative estimate of drug-likeness (QED) is 0.802. The molecule has 1 aromatic rings. The first-order valence-electron chi connectivity index (χ1n) is 9.49. The lowest BCUT2D eigenvalue weighted by atomic mass is 9.95. The number of amides is 1. The molecule has 2 saturated heterocycles. The first-order chi connectivity index (χ1) is 12.4. The fraction of sp³-hybridized carbons (Fsp3) is 0.684. The van der Waals surface area contributed by atoms with E-state index < -0.39 is 11.7 Å². The number of carbonyl (C=O) groups excluding carboxylic acids is 1. The van der Waals surface area contributed by atoms with Crippen LogP contribution in [0.4, 0.5) is 19.0 Å². The Balaban J connectivity index is 1.35. The Kier molecular flexibility index (Phi) is 4.57. The molecule has 0 spiro atoms. The second kappa shape index (κ2) is 6.74. The fourth-order valence-corrected chi connectivity index (χ4v) is 4.80. The van der Waals surface area contributed by atoms with Gasteiger partial charge in [0.1, 0.15) is 5.82 Å². The molecule has 2 atom stereocenters. The molecule has 0 radical (unpaired) electrons. The van der Waals surface area contributed by atoms with Crippen LogP contribution in [0.3, 0.4) is 0 Å². The van der Waals surface area contributed by atoms with Gasteiger partial charge in [0, 0.05) is 38.3 Å². The first-order valence-corrected chi connectivity index (χ1v) is 9.49. The summed E-state index contributed by atoms with van der Waals surface area (Å²) in [7, 11) is 0. The Hall–Kier alpha value is -1.79. The Morgan fingerprint density at radius 3 is 2.35 bits per heavy atom. The van der Waals surface area contributed by atoms with Crippen molar-refractivity contribution >= 4 is 11.7 Å². The predicted molar refractivity (Wildman–Crippen MR) is 91.6 cm³/mol. The van der Waals surface area contributed by atoms with Crippen LogP contribution < -0.4 is 4.90 Å². The topological polar surface area (TPSA) is 36.4 Å². The average molecular weight is 367 g/mol. The maximum Gasteiger partial charge on any atom is 0.416 e. The molecule has 1 aliphatic carbocycles. The van der Waals surface area contributed by atoms with Crippen molar-refractivity contribution in [2.75, 3.05) is 31.1 Å². The van der Waals surface area contributed by atoms with Crippen molar-refractivity contribution in [1.82, 2.24) is 9.88 Å². The number of carbonyl (C=O) groups is 1. The number of hydrogen-bond acceptors (Lipinski definition) is 3. The van der Waals surface area contributed by atoms with Crippen molar-refractivity contribution in [3.05, 3.63) is 23.9 Å². The molecule has 3 heterocycles. The molecule has 2 unspecified atom stereocenters. The van der Waals surface area contributed by atoms with Crippen LogP contribution in [0.2, 0.25) is 0 Å². The van der Waals surface area contributed by atoms with Gasteiger partial charge in [-0.2, -0.15) is 13.2 Å². The number of halogens is 3. The van der Waals surface area contributed by atoms with Gasteiger partial charge < -0.3 is 9.80 Å². The van der Waals surface area contributed by atoms with E-state index in [1.165, 1.54) is 25.5 Å². The van der Waals surface area contributed by atoms with Gasteiger partial charge in [0.25, 0.3) is 0 Å². The van der Waals surface area contributed by atoms with E-state index in [2.05, 4.69) is 4.98 Å². The zero-order valence-corrected chi connectivity index (χ0v) is 14.7. The minimum absolute atomic E-state index is 0.00382. The number of hydrogen-bond donors (Lipinski definition) is 0. The number of pyridine rings is 1. The Morgan fingerprint density at radius 2 is 1.73 bits per heavy atom. The van der Waals surface area contributed by atoms with Gasteiger partial charge >= 0.3 is 6.18 Å². The van der Waals surface area contributed by atoms with Crippen molar-refractivity contribution < 1.29 is 18.0 Å². The summed E-state index contributed by atoms with van der Waals surface area (Å²) in [5, 5.41) is 0. The summed E-state index contributed by atoms with van der Waals surface area (Å²) in [6.45, 7) is 2.95. The van der Waals surface area contributed by atoms with Crippen LogP contribution in [0.15, 0.2) is 18.3 Å². The van der Waals surface area contributed by atoms with Gasteiger partial charge in [0.05, 0.1) is 5.56 Å². The first kappa shape index (κ1) is 17.6. The van der Waals surface area contributed by atoms with E-state index in [9.17, 15) is 18.0 Å². The maximum atomic E-state index is 12.9. The summed E-state index contributed by atoms with van der Waals surface area (Å²) in [6.07, 6.45) is 1.99. The maximum absolute atomic E-state index is 12.9. The van der Waals surface area contributed by atoms with Crippen molar-refractivity contribution in [2.45, 2.75) is 38.3 Å². The van der Waals surface area contributed by atoms with Crippen molar-refractivity contribution in [3.63, 3.8) is 0 Å². The predicted octanol–water partition coefficient (Wildman–Crippen LogP) is 3.58. The van der Waals surface area contributed by atoms with Gasteiger partial charge in [-0.15, -0.1) is 0 Å². The molecule has 0 aromatic carbocycles. The minimum Gasteiger partial charge on any atom is -0.357 e. The Labute approximate surface area is 151 Å². The van der Waals surface area contributed by atoms with Crippen LogP contribution in [0.25, 0.3) is 0 Å². The minimum atomic E-state index is -4.36. The third-order valence-electron chi connectivity index (χ3n) is 6.28. The van der Waals surface area contributed by atoms with Crippen molar-refractivity contribution in [3.8, 4) is 0 Å². The van der Waals surface area contributed by atoms with Crippen LogP contribution in [0, 0.1) is 17.8 Å². The molecule has 0 bridgehead atoms. The summed E-state index contributed by atoms with van der Waals surface area (Å²) < 4.78 is 38.6. The zero-order valence-electron chi connectivity index (χ0n) is 14.7. The summed E-state index contributed by atoms with van der Waals surface area (Å²) >= 11 is 0. The van der Waals surface area contributed by atoms with Gasteiger partial charge in [0.2, 0.25) is 5.91 Å². The number of piperidine rings is 1. The van der Waals surface area contributed by atoms with Gasteiger partial charge in [-0.05, 0) is 49.7 Å². The molecule has 1 amide bonds. The van der Waals surface area contributed by atoms with Crippen LogP contribution in [-0.2, 0) is 11.0 Å². The van der Waals surface area contributed by atoms with Gasteiger partial charge in [-0.1, -0.05) is 6.42 Å². The lowest BCUT2D eigenvalue weighted by Crippen LogP contribution is -2.42. The van der Waals surface area contributed by atoms with Gasteiger partial charge in [-0.3, -0.25) is 4.79 Å². The highest BCUT2D eigenvalue weighted by molar-refractivity contribution is 5.79. The smallest absolute Gasteiger partial charge is 0.357 e. The molecule has 1 saturated carbocycles. The van der Waals surface area contributed by atoms with E-state index in [4.69, 9.17) is 0 Å². The summed E-state index contributed by atoms with van der Waals surface area (Å²) in [6, 6.07) is 2.09. The standard InChI is InChI=1S/C19H24F3N3O/c20-19(21,22)16-4-7-23-17(10-16)24-8-5-13(6-9-24)18(26)25-11-14-2-1-3-15(14)12-25/h4,7,10,13-15H,1-3,5-6,8-9,11-12H2. The SMILES string of the molecule is O=C(C1CCN(c2cc(C(F)(F)F)ccn2)CC1)N1CC2CCCC2C1. The van der Waals surface area contributed by atoms with E-state index in [1.807, 2.05) is 9.80 Å². The van der Waals surface area contributed by atoms with E-state index in [-0.39, 0.29) is 11.8 Å². The molecule has 4 rings (SSSR count). The highest BCUT2D eigenvalue weighted by atomic mass is 19.4. The van der Waals surface area contributed by atoms with E-state index >= 15 is 0 Å². The number of aromatic nitrogens is 1. The number of alkyl halides is 3. The second-order valence-corrected chi connectivity index (χ2v) is 7.86. The molecule has 142 valence electrons. The second-order valence-electron chi connectivity index (χ2n) is 7.86. The third-order valence-corrected chi connectivity index (χ3v) is 6.28. The van der Waals surface area contributed by atoms with Crippen molar-refractivity contribution in [1.29, 1.82) is 0 Å². The van der Waals surface area contributed by atoms with Crippen LogP contribution in [0.1, 0.15) is 37.7 Å². The van der Waals surface area contributed by atoms with Crippen molar-refractivity contribution in [2.24, 2.45) is 17.8 Å². The lowest BCUT2D eigenvalue weighted by Gasteiger charge is -2.34. The molecule has 3 fully saturated rings. The van der Waals surface area contributed by atoms with E-state index in [0.717, 1.165) is 25.2 Å². The Bertz CT molecular complexity index is 658. The molecule has 4 nitrogen and oxygen atoms in total. The van der Waals surface area contributed by atoms with Crippen LogP contribution in [0.5, 0.6) is 0 Å². The van der Waals surface area contributed by atoms with Gasteiger partial charge in [0.15, 0.2) is 0 Å². The van der Waals surface area contributed by atoms with E-state index in [1.54, 1.807) is 0 Å². The molecule has 3 aliphatic rings. The molecule has 2 aliphatic heterocycles. The average Bonchev–Trinajstić information content (AvgIpc) is 3.23. The number of rotatable bonds is 2. The Morgan fingerprint density at radius 1 is 1.08 bits per heavy atom. The number of nitrogens with zero attached hydrogens (tertiary/aromatic N) is 3. The molecule has 26 heavy (non-hydrogen) atoms. The highest BCUT2D eigenvalue weighted by Gasteiger charge is 2.40. The lowest BCUT2D eigenvalue weighted by molar-refractivity contribution is -0.137. The highest BCUT2D eigenvalue weighted by Crippen LogP contribution is 2.39.